The van der Waals surface area contributed by atoms with E-state index in [1.807, 2.05) is 13.8 Å². The van der Waals surface area contributed by atoms with Gasteiger partial charge >= 0.3 is 35.5 Å². The summed E-state index contributed by atoms with van der Waals surface area (Å²) in [5, 5.41) is 8.31. The van der Waals surface area contributed by atoms with Crippen molar-refractivity contribution in [2.24, 2.45) is 11.7 Å². The molecule has 3 N–H and O–H groups in total. The normalized spacial score (nSPS) is 11.3. The Hall–Kier alpha value is 0.720. The number of carboxylic acids is 1. The fourth-order valence-electron chi connectivity index (χ4n) is 0.609. The first-order valence-electron chi connectivity index (χ1n) is 3.02. The van der Waals surface area contributed by atoms with Gasteiger partial charge in [0, 0.05) is 0 Å². The average molecular weight is 190 g/mol. The molecule has 0 saturated carbocycles. The van der Waals surface area contributed by atoms with E-state index in [9.17, 15) is 4.79 Å². The van der Waals surface area contributed by atoms with Crippen molar-refractivity contribution in [1.29, 1.82) is 0 Å². The maximum atomic E-state index is 10.1. The van der Waals surface area contributed by atoms with Crippen molar-refractivity contribution < 1.29 is 51.9 Å². The molecule has 1 atom stereocenters. The van der Waals surface area contributed by atoms with Crippen molar-refractivity contribution >= 4 is 5.97 Å². The second-order valence-corrected chi connectivity index (χ2v) is 2.57. The van der Waals surface area contributed by atoms with Crippen molar-refractivity contribution in [1.82, 2.24) is 0 Å². The van der Waals surface area contributed by atoms with Crippen LogP contribution in [0.25, 0.3) is 0 Å². The summed E-state index contributed by atoms with van der Waals surface area (Å²) in [7, 11) is 0. The zero-order valence-corrected chi connectivity index (χ0v) is 9.93. The Labute approximate surface area is 95.4 Å². The molecule has 0 aromatic carbocycles. The van der Waals surface area contributed by atoms with Crippen LogP contribution < -0.4 is 47.7 Å². The van der Waals surface area contributed by atoms with E-state index in [0.29, 0.717) is 12.3 Å². The molecule has 0 aliphatic carbocycles. The Morgan fingerprint density at radius 2 is 1.91 bits per heavy atom. The summed E-state index contributed by atoms with van der Waals surface area (Å²) in [6.45, 7) is 3.89. The van der Waals surface area contributed by atoms with Gasteiger partial charge in [-0.1, -0.05) is 13.8 Å². The smallest absolute Gasteiger partial charge is 1.00 e. The average Bonchev–Trinajstić information content (AvgIpc) is 1.63. The van der Waals surface area contributed by atoms with Gasteiger partial charge in [-0.2, -0.15) is 0 Å². The summed E-state index contributed by atoms with van der Waals surface area (Å²) >= 11 is 0. The van der Waals surface area contributed by atoms with Crippen LogP contribution in [0.3, 0.4) is 0 Å². The Morgan fingerprint density at radius 3 is 2.00 bits per heavy atom. The molecule has 0 aliphatic heterocycles. The molecule has 0 aromatic rings. The number of carbonyl (C=O) groups is 1. The van der Waals surface area contributed by atoms with Crippen LogP contribution in [0.5, 0.6) is 0 Å². The molecule has 0 fully saturated rings. The Balaban J connectivity index is -0.000000320. The van der Waals surface area contributed by atoms with Crippen LogP contribution in [0.4, 0.5) is 0 Å². The number of hydrogen-bond acceptors (Lipinski definition) is 2. The van der Waals surface area contributed by atoms with Crippen LogP contribution in [0, 0.1) is 5.92 Å². The molecule has 62 valence electrons. The van der Waals surface area contributed by atoms with Gasteiger partial charge in [0.15, 0.2) is 0 Å². The van der Waals surface area contributed by atoms with Crippen LogP contribution in [-0.2, 0) is 4.79 Å². The summed E-state index contributed by atoms with van der Waals surface area (Å²) in [6, 6.07) is -0.690. The third-order valence-electron chi connectivity index (χ3n) is 1.04. The van der Waals surface area contributed by atoms with Gasteiger partial charge in [-0.25, -0.2) is 0 Å². The molecule has 0 heterocycles. The van der Waals surface area contributed by atoms with Crippen molar-refractivity contribution in [2.45, 2.75) is 26.3 Å². The summed E-state index contributed by atoms with van der Waals surface area (Å²) in [5.41, 5.74) is 5.22. The Morgan fingerprint density at radius 1 is 1.55 bits per heavy atom. The van der Waals surface area contributed by atoms with E-state index < -0.39 is 12.0 Å². The van der Waals surface area contributed by atoms with Gasteiger partial charge in [-0.3, -0.25) is 4.79 Å². The minimum Gasteiger partial charge on any atom is -1.00 e. The second kappa shape index (κ2) is 8.81. The molecule has 0 spiro atoms. The van der Waals surface area contributed by atoms with Gasteiger partial charge in [0.2, 0.25) is 0 Å². The van der Waals surface area contributed by atoms with E-state index in [1.54, 1.807) is 0 Å². The van der Waals surface area contributed by atoms with Gasteiger partial charge in [0.05, 0.1) is 0 Å². The predicted octanol–water partition coefficient (Wildman–Crippen LogP) is -5.55. The fraction of sp³-hybridized carbons (Fsp3) is 0.833. The van der Waals surface area contributed by atoms with Crippen LogP contribution in [0.15, 0.2) is 0 Å². The van der Waals surface area contributed by atoms with E-state index in [0.717, 1.165) is 0 Å². The van der Waals surface area contributed by atoms with Crippen molar-refractivity contribution in [3.8, 4) is 0 Å². The van der Waals surface area contributed by atoms with E-state index in [2.05, 4.69) is 0 Å². The fourth-order valence-corrected chi connectivity index (χ4v) is 0.609. The number of hydrogen-bond donors (Lipinski definition) is 2. The topological polar surface area (TPSA) is 63.3 Å². The zero-order valence-electron chi connectivity index (χ0n) is 7.17. The van der Waals surface area contributed by atoms with E-state index >= 15 is 0 Å². The molecule has 1 unspecified atom stereocenters. The zero-order chi connectivity index (χ0) is 7.44. The van der Waals surface area contributed by atoms with Crippen LogP contribution in [0.2, 0.25) is 0 Å². The van der Waals surface area contributed by atoms with Crippen molar-refractivity contribution in [2.75, 3.05) is 0 Å². The van der Waals surface area contributed by atoms with Gasteiger partial charge in [0.25, 0.3) is 0 Å². The standard InChI is InChI=1S/C6H13NO2.ClH.Na/c1-4(2)3-5(7)6(8)9;;/h4-5H,3,7H2,1-2H3,(H,8,9);1H;/q;;+1/p-1. The summed E-state index contributed by atoms with van der Waals surface area (Å²) < 4.78 is 0. The first kappa shape index (κ1) is 17.7. The third-order valence-corrected chi connectivity index (χ3v) is 1.04. The minimum atomic E-state index is -0.913. The molecular formula is C6H13ClNNaO2. The molecule has 5 heteroatoms. The SMILES string of the molecule is CC(C)CC(N)C(=O)O.[Cl-].[Na+]. The number of aliphatic carboxylic acids is 1. The quantitative estimate of drug-likeness (QED) is 0.436. The molecule has 0 radical (unpaired) electrons. The second-order valence-electron chi connectivity index (χ2n) is 2.57. The first-order chi connectivity index (χ1) is 4.04. The molecule has 0 rings (SSSR count). The summed E-state index contributed by atoms with van der Waals surface area (Å²) in [4.78, 5) is 10.1. The number of rotatable bonds is 3. The summed E-state index contributed by atoms with van der Waals surface area (Å²) in [6.07, 6.45) is 0.551. The molecule has 3 nitrogen and oxygen atoms in total. The largest absolute Gasteiger partial charge is 1.00 e. The predicted molar refractivity (Wildman–Crippen MR) is 35.1 cm³/mol. The van der Waals surface area contributed by atoms with E-state index in [-0.39, 0.29) is 42.0 Å². The van der Waals surface area contributed by atoms with Gasteiger partial charge in [-0.05, 0) is 12.3 Å². The first-order valence-corrected chi connectivity index (χ1v) is 3.02. The molecular weight excluding hydrogens is 177 g/mol. The van der Waals surface area contributed by atoms with Crippen molar-refractivity contribution in [3.05, 3.63) is 0 Å². The number of nitrogens with two attached hydrogens (primary N) is 1. The Bertz CT molecular complexity index is 111. The van der Waals surface area contributed by atoms with Gasteiger partial charge in [0.1, 0.15) is 6.04 Å². The maximum Gasteiger partial charge on any atom is 1.00 e. The monoisotopic (exact) mass is 189 g/mol. The molecule has 0 amide bonds. The molecule has 11 heavy (non-hydrogen) atoms. The minimum absolute atomic E-state index is 0. The van der Waals surface area contributed by atoms with Gasteiger partial charge < -0.3 is 23.2 Å². The summed E-state index contributed by atoms with van der Waals surface area (Å²) in [5.74, 6) is -0.556. The van der Waals surface area contributed by atoms with E-state index in [1.165, 1.54) is 0 Å². The molecule has 0 saturated heterocycles. The number of carboxylic acid groups (broad SMARTS) is 1. The number of halogens is 1. The molecule has 0 aliphatic rings. The van der Waals surface area contributed by atoms with Crippen LogP contribution >= 0.6 is 0 Å². The van der Waals surface area contributed by atoms with Gasteiger partial charge in [-0.15, -0.1) is 0 Å². The van der Waals surface area contributed by atoms with Crippen LogP contribution in [0.1, 0.15) is 20.3 Å². The van der Waals surface area contributed by atoms with Crippen LogP contribution in [-0.4, -0.2) is 17.1 Å². The Kier molecular flexibility index (Phi) is 14.2. The van der Waals surface area contributed by atoms with Crippen molar-refractivity contribution in [3.63, 3.8) is 0 Å². The molecule has 0 aromatic heterocycles. The third kappa shape index (κ3) is 10.7. The van der Waals surface area contributed by atoms with E-state index in [4.69, 9.17) is 10.8 Å². The molecule has 0 bridgehead atoms. The maximum absolute atomic E-state index is 10.1.